The van der Waals surface area contributed by atoms with Crippen LogP contribution in [0.25, 0.3) is 0 Å². The van der Waals surface area contributed by atoms with E-state index in [2.05, 4.69) is 0 Å². The molecular formula is C9H11ClO2. The second kappa shape index (κ2) is 8.08. The Labute approximate surface area is 77.2 Å². The lowest BCUT2D eigenvalue weighted by Crippen LogP contribution is -1.99. The fourth-order valence-corrected chi connectivity index (χ4v) is 0.578. The number of allylic oxidation sites excluding steroid dienone is 3. The number of esters is 1. The van der Waals surface area contributed by atoms with Crippen LogP contribution in [-0.2, 0) is 9.53 Å². The van der Waals surface area contributed by atoms with E-state index in [0.29, 0.717) is 0 Å². The van der Waals surface area contributed by atoms with Gasteiger partial charge in [-0.15, -0.1) is 0 Å². The van der Waals surface area contributed by atoms with Gasteiger partial charge in [0.05, 0.1) is 0 Å². The van der Waals surface area contributed by atoms with E-state index in [1.807, 2.05) is 19.1 Å². The van der Waals surface area contributed by atoms with Gasteiger partial charge >= 0.3 is 5.97 Å². The monoisotopic (exact) mass is 186 g/mol. The van der Waals surface area contributed by atoms with Crippen LogP contribution in [0.4, 0.5) is 0 Å². The Hall–Kier alpha value is -1.02. The Morgan fingerprint density at radius 2 is 2.25 bits per heavy atom. The first-order valence-electron chi connectivity index (χ1n) is 3.52. The van der Waals surface area contributed by atoms with Crippen molar-refractivity contribution in [1.29, 1.82) is 0 Å². The van der Waals surface area contributed by atoms with E-state index in [0.717, 1.165) is 11.6 Å². The SMILES string of the molecule is C/C=C/C=C/COC(=O)/C=C/Cl. The number of ether oxygens (including phenoxy) is 1. The molecule has 0 aliphatic heterocycles. The number of halogens is 1. The van der Waals surface area contributed by atoms with E-state index in [1.54, 1.807) is 12.2 Å². The summed E-state index contributed by atoms with van der Waals surface area (Å²) >= 11 is 5.15. The number of rotatable bonds is 4. The molecule has 0 rings (SSSR count). The maximum atomic E-state index is 10.6. The number of hydrogen-bond acceptors (Lipinski definition) is 2. The van der Waals surface area contributed by atoms with Crippen LogP contribution >= 0.6 is 11.6 Å². The minimum Gasteiger partial charge on any atom is -0.458 e. The van der Waals surface area contributed by atoms with Gasteiger partial charge in [-0.05, 0) is 13.0 Å². The van der Waals surface area contributed by atoms with Crippen molar-refractivity contribution < 1.29 is 9.53 Å². The third-order valence-corrected chi connectivity index (χ3v) is 1.09. The Balaban J connectivity index is 3.49. The predicted molar refractivity (Wildman–Crippen MR) is 49.9 cm³/mol. The molecule has 0 spiro atoms. The van der Waals surface area contributed by atoms with Gasteiger partial charge in [-0.2, -0.15) is 0 Å². The molecule has 0 amide bonds. The lowest BCUT2D eigenvalue weighted by Gasteiger charge is -1.93. The summed E-state index contributed by atoms with van der Waals surface area (Å²) in [5, 5.41) is 0. The van der Waals surface area contributed by atoms with Crippen LogP contribution in [0.5, 0.6) is 0 Å². The van der Waals surface area contributed by atoms with Crippen molar-refractivity contribution in [3.63, 3.8) is 0 Å². The van der Waals surface area contributed by atoms with E-state index in [1.165, 1.54) is 0 Å². The molecule has 2 nitrogen and oxygen atoms in total. The van der Waals surface area contributed by atoms with Crippen LogP contribution in [0.3, 0.4) is 0 Å². The van der Waals surface area contributed by atoms with Crippen molar-refractivity contribution in [2.24, 2.45) is 0 Å². The normalized spacial score (nSPS) is 11.8. The molecule has 0 fully saturated rings. The predicted octanol–water partition coefficient (Wildman–Crippen LogP) is 2.41. The average Bonchev–Trinajstić information content (AvgIpc) is 2.05. The molecule has 0 aromatic rings. The zero-order chi connectivity index (χ0) is 9.23. The van der Waals surface area contributed by atoms with Crippen molar-refractivity contribution in [3.8, 4) is 0 Å². The molecule has 0 heterocycles. The summed E-state index contributed by atoms with van der Waals surface area (Å²) in [4.78, 5) is 10.6. The van der Waals surface area contributed by atoms with Gasteiger partial charge in [0.2, 0.25) is 0 Å². The first kappa shape index (κ1) is 11.0. The molecule has 0 radical (unpaired) electrons. The van der Waals surface area contributed by atoms with Crippen LogP contribution in [0, 0.1) is 0 Å². The summed E-state index contributed by atoms with van der Waals surface area (Å²) in [6.07, 6.45) is 8.44. The van der Waals surface area contributed by atoms with Gasteiger partial charge < -0.3 is 4.74 Å². The molecule has 0 atom stereocenters. The van der Waals surface area contributed by atoms with Crippen LogP contribution in [0.15, 0.2) is 35.9 Å². The molecule has 0 saturated heterocycles. The third-order valence-electron chi connectivity index (χ3n) is 0.961. The van der Waals surface area contributed by atoms with Crippen molar-refractivity contribution in [2.75, 3.05) is 6.61 Å². The van der Waals surface area contributed by atoms with Gasteiger partial charge in [0.15, 0.2) is 0 Å². The third kappa shape index (κ3) is 7.09. The number of carbonyl (C=O) groups excluding carboxylic acids is 1. The summed E-state index contributed by atoms with van der Waals surface area (Å²) in [5.74, 6) is -0.435. The van der Waals surface area contributed by atoms with E-state index in [4.69, 9.17) is 16.3 Å². The molecular weight excluding hydrogens is 176 g/mol. The van der Waals surface area contributed by atoms with Gasteiger partial charge in [-0.3, -0.25) is 0 Å². The van der Waals surface area contributed by atoms with Gasteiger partial charge in [-0.25, -0.2) is 4.79 Å². The fourth-order valence-electron chi connectivity index (χ4n) is 0.475. The molecule has 0 saturated carbocycles. The van der Waals surface area contributed by atoms with E-state index in [9.17, 15) is 4.79 Å². The summed E-state index contributed by atoms with van der Waals surface area (Å²) in [5.41, 5.74) is 1.12. The minimum absolute atomic E-state index is 0.268. The summed E-state index contributed by atoms with van der Waals surface area (Å²) in [6, 6.07) is 0. The second-order valence-electron chi connectivity index (χ2n) is 1.88. The van der Waals surface area contributed by atoms with Crippen LogP contribution in [0.1, 0.15) is 6.92 Å². The van der Waals surface area contributed by atoms with Crippen LogP contribution in [-0.4, -0.2) is 12.6 Å². The van der Waals surface area contributed by atoms with Crippen molar-refractivity contribution >= 4 is 17.6 Å². The molecule has 0 aromatic carbocycles. The largest absolute Gasteiger partial charge is 0.458 e. The van der Waals surface area contributed by atoms with Crippen molar-refractivity contribution in [3.05, 3.63) is 35.9 Å². The van der Waals surface area contributed by atoms with Crippen LogP contribution in [0.2, 0.25) is 0 Å². The molecule has 0 N–H and O–H groups in total. The lowest BCUT2D eigenvalue weighted by molar-refractivity contribution is -0.136. The van der Waals surface area contributed by atoms with Gasteiger partial charge in [0, 0.05) is 11.6 Å². The first-order valence-corrected chi connectivity index (χ1v) is 3.96. The second-order valence-corrected chi connectivity index (χ2v) is 2.13. The Morgan fingerprint density at radius 1 is 1.50 bits per heavy atom. The van der Waals surface area contributed by atoms with Crippen molar-refractivity contribution in [1.82, 2.24) is 0 Å². The number of carbonyl (C=O) groups is 1. The van der Waals surface area contributed by atoms with Crippen molar-refractivity contribution in [2.45, 2.75) is 6.92 Å². The minimum atomic E-state index is -0.435. The van der Waals surface area contributed by atoms with E-state index < -0.39 is 5.97 Å². The summed E-state index contributed by atoms with van der Waals surface area (Å²) < 4.78 is 4.70. The zero-order valence-electron chi connectivity index (χ0n) is 6.87. The quantitative estimate of drug-likeness (QED) is 0.383. The molecule has 3 heteroatoms. The molecule has 0 unspecified atom stereocenters. The standard InChI is InChI=1S/C9H11ClO2/c1-2-3-4-5-8-12-9(11)6-7-10/h2-7H,8H2,1H3/b3-2+,5-4+,7-6+. The van der Waals surface area contributed by atoms with Gasteiger partial charge in [-0.1, -0.05) is 29.8 Å². The molecule has 0 aromatic heterocycles. The molecule has 0 aliphatic rings. The maximum Gasteiger partial charge on any atom is 0.331 e. The smallest absolute Gasteiger partial charge is 0.331 e. The molecule has 0 bridgehead atoms. The molecule has 66 valence electrons. The highest BCUT2D eigenvalue weighted by Crippen LogP contribution is 1.85. The topological polar surface area (TPSA) is 26.3 Å². The summed E-state index contributed by atoms with van der Waals surface area (Å²) in [6.45, 7) is 2.18. The molecule has 0 aliphatic carbocycles. The fraction of sp³-hybridized carbons (Fsp3) is 0.222. The Bertz CT molecular complexity index is 205. The zero-order valence-corrected chi connectivity index (χ0v) is 7.62. The highest BCUT2D eigenvalue weighted by atomic mass is 35.5. The molecule has 12 heavy (non-hydrogen) atoms. The highest BCUT2D eigenvalue weighted by molar-refractivity contribution is 6.26. The maximum absolute atomic E-state index is 10.6. The van der Waals surface area contributed by atoms with Gasteiger partial charge in [0.25, 0.3) is 0 Å². The average molecular weight is 187 g/mol. The van der Waals surface area contributed by atoms with E-state index >= 15 is 0 Å². The lowest BCUT2D eigenvalue weighted by atomic mass is 10.4. The summed E-state index contributed by atoms with van der Waals surface area (Å²) in [7, 11) is 0. The van der Waals surface area contributed by atoms with Crippen LogP contribution < -0.4 is 0 Å². The first-order chi connectivity index (χ1) is 5.81. The highest BCUT2D eigenvalue weighted by Gasteiger charge is 1.90. The van der Waals surface area contributed by atoms with Gasteiger partial charge in [0.1, 0.15) is 6.61 Å². The Morgan fingerprint density at radius 3 is 2.83 bits per heavy atom. The number of hydrogen-bond donors (Lipinski definition) is 0. The van der Waals surface area contributed by atoms with E-state index in [-0.39, 0.29) is 6.61 Å². The Kier molecular flexibility index (Phi) is 7.39.